The Morgan fingerprint density at radius 1 is 1.31 bits per heavy atom. The van der Waals surface area contributed by atoms with Crippen molar-refractivity contribution in [3.63, 3.8) is 0 Å². The van der Waals surface area contributed by atoms with E-state index in [0.29, 0.717) is 12.0 Å². The van der Waals surface area contributed by atoms with Gasteiger partial charge in [-0.3, -0.25) is 4.90 Å². The van der Waals surface area contributed by atoms with E-state index >= 15 is 0 Å². The lowest BCUT2D eigenvalue weighted by Crippen LogP contribution is -2.38. The normalized spacial score (nSPS) is 28.0. The second-order valence-corrected chi connectivity index (χ2v) is 4.40. The molecule has 3 nitrogen and oxygen atoms in total. The van der Waals surface area contributed by atoms with Gasteiger partial charge >= 0.3 is 0 Å². The first-order valence-electron chi connectivity index (χ1n) is 5.21. The summed E-state index contributed by atoms with van der Waals surface area (Å²) in [5.41, 5.74) is 0.550. The average Bonchev–Trinajstić information content (AvgIpc) is 2.51. The van der Waals surface area contributed by atoms with E-state index in [1.165, 1.54) is 19.3 Å². The van der Waals surface area contributed by atoms with Crippen molar-refractivity contribution < 1.29 is 4.79 Å². The van der Waals surface area contributed by atoms with E-state index in [0.717, 1.165) is 32.5 Å². The summed E-state index contributed by atoms with van der Waals surface area (Å²) in [5, 5.41) is 3.39. The molecule has 0 radical (unpaired) electrons. The van der Waals surface area contributed by atoms with Crippen molar-refractivity contribution in [1.82, 2.24) is 10.2 Å². The fourth-order valence-electron chi connectivity index (χ4n) is 2.65. The summed E-state index contributed by atoms with van der Waals surface area (Å²) < 4.78 is 0. The Kier molecular flexibility index (Phi) is 2.65. The first-order valence-corrected chi connectivity index (χ1v) is 5.21. The maximum atomic E-state index is 10.4. The van der Waals surface area contributed by atoms with Gasteiger partial charge in [0.25, 0.3) is 0 Å². The maximum Gasteiger partial charge on any atom is 0.133 e. The third kappa shape index (κ3) is 1.92. The number of nitrogens with one attached hydrogen (secondary N) is 1. The summed E-state index contributed by atoms with van der Waals surface area (Å²) in [6.45, 7) is 5.23. The summed E-state index contributed by atoms with van der Waals surface area (Å²) in [6.07, 6.45) is 4.91. The van der Waals surface area contributed by atoms with Gasteiger partial charge in [0.2, 0.25) is 0 Å². The van der Waals surface area contributed by atoms with Crippen LogP contribution in [0.15, 0.2) is 0 Å². The summed E-state index contributed by atoms with van der Waals surface area (Å²) in [7, 11) is 0. The van der Waals surface area contributed by atoms with Crippen molar-refractivity contribution in [3.05, 3.63) is 0 Å². The van der Waals surface area contributed by atoms with Gasteiger partial charge in [0.05, 0.1) is 6.54 Å². The molecular formula is C10H18N2O. The number of hydrogen-bond donors (Lipinski definition) is 1. The number of rotatable bonds is 2. The highest BCUT2D eigenvalue weighted by molar-refractivity contribution is 5.52. The molecule has 0 aliphatic carbocycles. The number of nitrogens with zero attached hydrogens (tertiary/aromatic N) is 1. The summed E-state index contributed by atoms with van der Waals surface area (Å²) in [5.74, 6) is 0. The fraction of sp³-hybridized carbons (Fsp3) is 0.900. The Morgan fingerprint density at radius 3 is 2.77 bits per heavy atom. The predicted molar refractivity (Wildman–Crippen MR) is 51.7 cm³/mol. The van der Waals surface area contributed by atoms with E-state index in [2.05, 4.69) is 10.2 Å². The fourth-order valence-corrected chi connectivity index (χ4v) is 2.65. The molecule has 0 bridgehead atoms. The lowest BCUT2D eigenvalue weighted by atomic mass is 9.78. The van der Waals surface area contributed by atoms with Gasteiger partial charge in [-0.15, -0.1) is 0 Å². The smallest absolute Gasteiger partial charge is 0.133 e. The largest absolute Gasteiger partial charge is 0.317 e. The Bertz CT molecular complexity index is 187. The van der Waals surface area contributed by atoms with Gasteiger partial charge in [-0.25, -0.2) is 0 Å². The Hall–Kier alpha value is -0.410. The third-order valence-electron chi connectivity index (χ3n) is 3.51. The molecule has 1 N–H and O–H groups in total. The first kappa shape index (κ1) is 9.16. The second-order valence-electron chi connectivity index (χ2n) is 4.40. The Labute approximate surface area is 79.5 Å². The number of hydrogen-bond acceptors (Lipinski definition) is 3. The third-order valence-corrected chi connectivity index (χ3v) is 3.51. The molecule has 3 heteroatoms. The highest BCUT2D eigenvalue weighted by atomic mass is 16.1. The molecule has 13 heavy (non-hydrogen) atoms. The lowest BCUT2D eigenvalue weighted by molar-refractivity contribution is -0.108. The minimum absolute atomic E-state index is 0.550. The van der Waals surface area contributed by atoms with E-state index in [9.17, 15) is 4.79 Å². The Balaban J connectivity index is 1.90. The first-order chi connectivity index (χ1) is 6.35. The van der Waals surface area contributed by atoms with Crippen LogP contribution in [0.2, 0.25) is 0 Å². The van der Waals surface area contributed by atoms with Gasteiger partial charge in [-0.2, -0.15) is 0 Å². The molecule has 0 aromatic carbocycles. The minimum Gasteiger partial charge on any atom is -0.317 e. The molecular weight excluding hydrogens is 164 g/mol. The van der Waals surface area contributed by atoms with Crippen LogP contribution >= 0.6 is 0 Å². The van der Waals surface area contributed by atoms with E-state index in [4.69, 9.17) is 0 Å². The van der Waals surface area contributed by atoms with Crippen LogP contribution in [0.4, 0.5) is 0 Å². The summed E-state index contributed by atoms with van der Waals surface area (Å²) in [4.78, 5) is 12.7. The SMILES string of the molecule is O=CCN1CCC2(CCNCC2)C1. The van der Waals surface area contributed by atoms with E-state index < -0.39 is 0 Å². The van der Waals surface area contributed by atoms with Gasteiger partial charge in [0.15, 0.2) is 0 Å². The van der Waals surface area contributed by atoms with Crippen molar-refractivity contribution in [2.24, 2.45) is 5.41 Å². The van der Waals surface area contributed by atoms with Crippen molar-refractivity contribution >= 4 is 6.29 Å². The number of carbonyl (C=O) groups is 1. The van der Waals surface area contributed by atoms with Crippen LogP contribution in [0.5, 0.6) is 0 Å². The maximum absolute atomic E-state index is 10.4. The summed E-state index contributed by atoms with van der Waals surface area (Å²) in [6, 6.07) is 0. The number of piperidine rings is 1. The number of aldehydes is 1. The highest BCUT2D eigenvalue weighted by Gasteiger charge is 2.38. The quantitative estimate of drug-likeness (QED) is 0.622. The average molecular weight is 182 g/mol. The zero-order chi connectivity index (χ0) is 9.15. The van der Waals surface area contributed by atoms with Crippen LogP contribution in [0.1, 0.15) is 19.3 Å². The van der Waals surface area contributed by atoms with Crippen LogP contribution in [0.3, 0.4) is 0 Å². The zero-order valence-electron chi connectivity index (χ0n) is 8.09. The molecule has 74 valence electrons. The molecule has 2 aliphatic heterocycles. The highest BCUT2D eigenvalue weighted by Crippen LogP contribution is 2.38. The molecule has 2 saturated heterocycles. The molecule has 0 atom stereocenters. The molecule has 2 rings (SSSR count). The van der Waals surface area contributed by atoms with Gasteiger partial charge < -0.3 is 10.1 Å². The Morgan fingerprint density at radius 2 is 2.08 bits per heavy atom. The molecule has 2 aliphatic rings. The van der Waals surface area contributed by atoms with Gasteiger partial charge in [-0.1, -0.05) is 0 Å². The van der Waals surface area contributed by atoms with Crippen LogP contribution in [0, 0.1) is 5.41 Å². The predicted octanol–water partition coefficient (Wildman–Crippen LogP) is 0.261. The minimum atomic E-state index is 0.550. The van der Waals surface area contributed by atoms with E-state index in [1.54, 1.807) is 0 Å². The van der Waals surface area contributed by atoms with Gasteiger partial charge in [0, 0.05) is 6.54 Å². The molecule has 0 unspecified atom stereocenters. The molecule has 0 amide bonds. The van der Waals surface area contributed by atoms with Crippen molar-refractivity contribution in [2.45, 2.75) is 19.3 Å². The number of likely N-dealkylation sites (tertiary alicyclic amines) is 1. The number of carbonyl (C=O) groups excluding carboxylic acids is 1. The van der Waals surface area contributed by atoms with Crippen molar-refractivity contribution in [2.75, 3.05) is 32.7 Å². The molecule has 0 aromatic heterocycles. The molecule has 2 fully saturated rings. The molecule has 1 spiro atoms. The van der Waals surface area contributed by atoms with Crippen LogP contribution in [-0.4, -0.2) is 43.9 Å². The van der Waals surface area contributed by atoms with Crippen molar-refractivity contribution in [3.8, 4) is 0 Å². The second kappa shape index (κ2) is 3.76. The lowest BCUT2D eigenvalue weighted by Gasteiger charge is -2.33. The van der Waals surface area contributed by atoms with Crippen LogP contribution < -0.4 is 5.32 Å². The van der Waals surface area contributed by atoms with E-state index in [1.807, 2.05) is 0 Å². The zero-order valence-corrected chi connectivity index (χ0v) is 8.09. The molecule has 0 aromatic rings. The van der Waals surface area contributed by atoms with Gasteiger partial charge in [0.1, 0.15) is 6.29 Å². The molecule has 0 saturated carbocycles. The van der Waals surface area contributed by atoms with E-state index in [-0.39, 0.29) is 0 Å². The monoisotopic (exact) mass is 182 g/mol. The summed E-state index contributed by atoms with van der Waals surface area (Å²) >= 11 is 0. The van der Waals surface area contributed by atoms with Crippen LogP contribution in [0.25, 0.3) is 0 Å². The van der Waals surface area contributed by atoms with Crippen molar-refractivity contribution in [1.29, 1.82) is 0 Å². The van der Waals surface area contributed by atoms with Gasteiger partial charge in [-0.05, 0) is 44.3 Å². The van der Waals surface area contributed by atoms with Crippen LogP contribution in [-0.2, 0) is 4.79 Å². The standard InChI is InChI=1S/C10H18N2O/c13-8-7-12-6-3-10(9-12)1-4-11-5-2-10/h8,11H,1-7,9H2. The molecule has 2 heterocycles. The topological polar surface area (TPSA) is 32.3 Å².